The molecule has 0 aliphatic heterocycles. The van der Waals surface area contributed by atoms with Crippen molar-refractivity contribution in [1.29, 1.82) is 0 Å². The van der Waals surface area contributed by atoms with Crippen molar-refractivity contribution in [3.63, 3.8) is 0 Å². The Morgan fingerprint density at radius 3 is 2.62 bits per heavy atom. The van der Waals surface area contributed by atoms with Crippen LogP contribution in [0.15, 0.2) is 26.3 Å². The minimum Gasteiger partial charge on any atom is 0.000000928 e. The van der Waals surface area contributed by atoms with Gasteiger partial charge in [-0.05, 0) is 0 Å². The van der Waals surface area contributed by atoms with Crippen molar-refractivity contribution in [2.45, 2.75) is 0 Å². The van der Waals surface area contributed by atoms with Crippen LogP contribution in [0.5, 0.6) is 0 Å². The van der Waals surface area contributed by atoms with Crippen LogP contribution >= 0.6 is 38.5 Å². The van der Waals surface area contributed by atoms with Crippen LogP contribution in [0.4, 0.5) is 0 Å². The Morgan fingerprint density at radius 2 is 2.25 bits per heavy atom. The molecule has 1 aliphatic carbocycles. The average Bonchev–Trinajstić information content (AvgIpc) is 1.77. The second-order valence-corrected chi connectivity index (χ2v) is 3.43. The molecule has 0 N–H and O–H groups in total. The smallest absolute Gasteiger partial charge is 0.000000928 e. The van der Waals surface area contributed by atoms with Gasteiger partial charge >= 0.3 is 0 Å². The largest absolute Gasteiger partial charge is 0.175 e. The van der Waals surface area contributed by atoms with E-state index in [-0.39, 0.29) is 0 Å². The van der Waals surface area contributed by atoms with Gasteiger partial charge in [0.05, 0.1) is 18.2 Å². The van der Waals surface area contributed by atoms with Crippen LogP contribution in [0.2, 0.25) is 0 Å². The van der Waals surface area contributed by atoms with Gasteiger partial charge in [0.2, 0.25) is 0 Å². The maximum absolute atomic E-state index is 3.31. The molecule has 0 amide bonds. The molecule has 0 aromatic rings. The van der Waals surface area contributed by atoms with Crippen LogP contribution in [0, 0.1) is 6.08 Å². The molecule has 2 heteroatoms. The van der Waals surface area contributed by atoms with E-state index in [0.29, 0.717) is 0 Å². The molecule has 0 aromatic carbocycles. The molecule has 1 rings (SSSR count). The van der Waals surface area contributed by atoms with E-state index in [9.17, 15) is 0 Å². The standard InChI is InChI=1S/C6H3BrI/c7-5-1-3-6(8)4-2-5/h1-3H/q+1. The normalized spacial score (nSPS) is 16.8. The molecule has 0 unspecified atom stereocenters. The fourth-order valence-electron chi connectivity index (χ4n) is 0.387. The summed E-state index contributed by atoms with van der Waals surface area (Å²) in [5.74, 6) is 0. The van der Waals surface area contributed by atoms with Gasteiger partial charge in [-0.3, -0.25) is 0 Å². The number of hydrogen-bond donors (Lipinski definition) is 0. The van der Waals surface area contributed by atoms with E-state index < -0.39 is 0 Å². The second kappa shape index (κ2) is 2.76. The van der Waals surface area contributed by atoms with Gasteiger partial charge in [-0.2, -0.15) is 0 Å². The second-order valence-electron chi connectivity index (χ2n) is 1.35. The fraction of sp³-hybridized carbons (Fsp3) is 0. The lowest BCUT2D eigenvalue weighted by Crippen LogP contribution is -1.71. The zero-order valence-corrected chi connectivity index (χ0v) is 7.73. The molecule has 0 heterocycles. The Labute approximate surface area is 70.6 Å². The van der Waals surface area contributed by atoms with E-state index in [1.54, 1.807) is 0 Å². The SMILES string of the molecule is BrC1=C[C+]=C(I)C=C1. The summed E-state index contributed by atoms with van der Waals surface area (Å²) < 4.78 is 2.23. The number of halogens is 2. The summed E-state index contributed by atoms with van der Waals surface area (Å²) in [6, 6.07) is 0. The average molecular weight is 282 g/mol. The first-order chi connectivity index (χ1) is 3.79. The Morgan fingerprint density at radius 1 is 1.50 bits per heavy atom. The lowest BCUT2D eigenvalue weighted by atomic mass is 10.3. The Bertz CT molecular complexity index is 157. The highest BCUT2D eigenvalue weighted by Gasteiger charge is 2.01. The van der Waals surface area contributed by atoms with Crippen molar-refractivity contribution >= 4 is 38.5 Å². The molecule has 0 bridgehead atoms. The lowest BCUT2D eigenvalue weighted by Gasteiger charge is -1.81. The Balaban J connectivity index is 2.86. The highest BCUT2D eigenvalue weighted by molar-refractivity contribution is 14.1. The highest BCUT2D eigenvalue weighted by atomic mass is 127. The first kappa shape index (κ1) is 6.46. The van der Waals surface area contributed by atoms with E-state index in [0.717, 1.165) is 8.06 Å². The van der Waals surface area contributed by atoms with Crippen molar-refractivity contribution in [3.05, 3.63) is 32.4 Å². The molecule has 8 heavy (non-hydrogen) atoms. The van der Waals surface area contributed by atoms with E-state index in [2.05, 4.69) is 44.6 Å². The maximum atomic E-state index is 3.31. The molecule has 0 nitrogen and oxygen atoms in total. The summed E-state index contributed by atoms with van der Waals surface area (Å²) in [5, 5.41) is 0. The van der Waals surface area contributed by atoms with Crippen molar-refractivity contribution < 1.29 is 0 Å². The number of rotatable bonds is 0. The summed E-state index contributed by atoms with van der Waals surface area (Å²) in [7, 11) is 0. The van der Waals surface area contributed by atoms with E-state index in [4.69, 9.17) is 0 Å². The Hall–Kier alpha value is 0.340. The first-order valence-corrected chi connectivity index (χ1v) is 3.99. The van der Waals surface area contributed by atoms with E-state index in [1.165, 1.54) is 0 Å². The third-order valence-corrected chi connectivity index (χ3v) is 1.90. The van der Waals surface area contributed by atoms with Crippen LogP contribution in [0.25, 0.3) is 0 Å². The first-order valence-electron chi connectivity index (χ1n) is 2.12. The summed E-state index contributed by atoms with van der Waals surface area (Å²) in [5.41, 5.74) is 0. The van der Waals surface area contributed by atoms with Crippen LogP contribution in [-0.2, 0) is 0 Å². The molecule has 0 spiro atoms. The van der Waals surface area contributed by atoms with Gasteiger partial charge in [0.1, 0.15) is 10.6 Å². The van der Waals surface area contributed by atoms with E-state index >= 15 is 0 Å². The molecular weight excluding hydrogens is 279 g/mol. The number of hydrogen-bond acceptors (Lipinski definition) is 0. The Kier molecular flexibility index (Phi) is 2.23. The number of allylic oxidation sites excluding steroid dienone is 6. The van der Waals surface area contributed by atoms with Gasteiger partial charge in [-0.1, -0.05) is 0 Å². The molecule has 0 fully saturated rings. The summed E-state index contributed by atoms with van der Waals surface area (Å²) >= 11 is 5.53. The summed E-state index contributed by atoms with van der Waals surface area (Å²) in [4.78, 5) is 0. The van der Waals surface area contributed by atoms with Crippen LogP contribution in [0.1, 0.15) is 0 Å². The highest BCUT2D eigenvalue weighted by Crippen LogP contribution is 2.17. The molecule has 0 atom stereocenters. The third kappa shape index (κ3) is 1.69. The summed E-state index contributed by atoms with van der Waals surface area (Å²) in [6.45, 7) is 0. The van der Waals surface area contributed by atoms with Gasteiger partial charge in [-0.15, -0.1) is 0 Å². The van der Waals surface area contributed by atoms with Gasteiger partial charge < -0.3 is 0 Å². The zero-order chi connectivity index (χ0) is 5.98. The van der Waals surface area contributed by atoms with Gasteiger partial charge in [0.25, 0.3) is 0 Å². The van der Waals surface area contributed by atoms with Crippen LogP contribution < -0.4 is 0 Å². The molecular formula is C6H3BrI+. The third-order valence-electron chi connectivity index (χ3n) is 0.737. The maximum Gasteiger partial charge on any atom is 0.175 e. The van der Waals surface area contributed by atoms with Gasteiger partial charge in [-0.25, -0.2) is 0 Å². The van der Waals surface area contributed by atoms with Crippen LogP contribution in [-0.4, -0.2) is 0 Å². The van der Waals surface area contributed by atoms with Gasteiger partial charge in [0.15, 0.2) is 3.58 Å². The fourth-order valence-corrected chi connectivity index (χ4v) is 0.969. The minimum absolute atomic E-state index is 1.08. The predicted octanol–water partition coefficient (Wildman–Crippen LogP) is 2.96. The molecule has 40 valence electrons. The van der Waals surface area contributed by atoms with Crippen molar-refractivity contribution in [1.82, 2.24) is 0 Å². The van der Waals surface area contributed by atoms with Crippen molar-refractivity contribution in [3.8, 4) is 0 Å². The molecule has 1 aliphatic rings. The topological polar surface area (TPSA) is 0 Å². The van der Waals surface area contributed by atoms with Gasteiger partial charge in [0, 0.05) is 38.5 Å². The molecule has 0 radical (unpaired) electrons. The summed E-state index contributed by atoms with van der Waals surface area (Å²) in [6.07, 6.45) is 8.95. The molecule has 0 aromatic heterocycles. The van der Waals surface area contributed by atoms with Crippen molar-refractivity contribution in [2.75, 3.05) is 0 Å². The van der Waals surface area contributed by atoms with E-state index in [1.807, 2.05) is 18.2 Å². The minimum atomic E-state index is 1.08. The zero-order valence-electron chi connectivity index (χ0n) is 3.99. The van der Waals surface area contributed by atoms with Crippen molar-refractivity contribution in [2.24, 2.45) is 0 Å². The molecule has 0 saturated carbocycles. The predicted molar refractivity (Wildman–Crippen MR) is 46.9 cm³/mol. The van der Waals surface area contributed by atoms with Crippen LogP contribution in [0.3, 0.4) is 0 Å². The lowest BCUT2D eigenvalue weighted by molar-refractivity contribution is 1.72. The molecule has 0 saturated heterocycles. The quantitative estimate of drug-likeness (QED) is 0.473. The monoisotopic (exact) mass is 281 g/mol.